The first kappa shape index (κ1) is 15.9. The lowest BCUT2D eigenvalue weighted by Gasteiger charge is -2.26. The van der Waals surface area contributed by atoms with Crippen LogP contribution in [0.3, 0.4) is 0 Å². The third-order valence-corrected chi connectivity index (χ3v) is 5.06. The number of aromatic amines is 1. The Balaban J connectivity index is 1.66. The lowest BCUT2D eigenvalue weighted by molar-refractivity contribution is 0.662. The van der Waals surface area contributed by atoms with Crippen molar-refractivity contribution in [1.29, 1.82) is 0 Å². The maximum Gasteiger partial charge on any atom is 0.258 e. The molecular formula is C20H18N6O. The molecule has 0 amide bonds. The average Bonchev–Trinajstić information content (AvgIpc) is 3.17. The summed E-state index contributed by atoms with van der Waals surface area (Å²) in [5.41, 5.74) is 1.44. The van der Waals surface area contributed by atoms with Gasteiger partial charge in [0.1, 0.15) is 17.5 Å². The first-order chi connectivity index (χ1) is 13.2. The van der Waals surface area contributed by atoms with Gasteiger partial charge in [-0.2, -0.15) is 0 Å². The maximum atomic E-state index is 12.5. The number of nitrogens with zero attached hydrogens (tertiary/aromatic N) is 5. The first-order valence-electron chi connectivity index (χ1n) is 9.05. The fourth-order valence-electron chi connectivity index (χ4n) is 3.86. The van der Waals surface area contributed by atoms with Crippen molar-refractivity contribution in [3.63, 3.8) is 0 Å². The van der Waals surface area contributed by atoms with Gasteiger partial charge in [-0.3, -0.25) is 9.78 Å². The summed E-state index contributed by atoms with van der Waals surface area (Å²) in [6, 6.07) is 9.35. The molecule has 1 N–H and O–H groups in total. The van der Waals surface area contributed by atoms with Crippen molar-refractivity contribution in [2.24, 2.45) is 0 Å². The number of fused-ring (bicyclic) bond motifs is 2. The van der Waals surface area contributed by atoms with E-state index in [0.29, 0.717) is 17.0 Å². The number of hydrogen-bond acceptors (Lipinski definition) is 6. The second-order valence-electron chi connectivity index (χ2n) is 6.81. The maximum absolute atomic E-state index is 12.5. The molecule has 1 fully saturated rings. The van der Waals surface area contributed by atoms with Crippen LogP contribution in [0.15, 0.2) is 47.5 Å². The van der Waals surface area contributed by atoms with Crippen LogP contribution in [0.1, 0.15) is 30.5 Å². The van der Waals surface area contributed by atoms with E-state index >= 15 is 0 Å². The van der Waals surface area contributed by atoms with Crippen LogP contribution in [0.2, 0.25) is 0 Å². The Labute approximate surface area is 155 Å². The smallest absolute Gasteiger partial charge is 0.258 e. The summed E-state index contributed by atoms with van der Waals surface area (Å²) in [6.45, 7) is 2.74. The van der Waals surface area contributed by atoms with Crippen molar-refractivity contribution < 1.29 is 0 Å². The van der Waals surface area contributed by atoms with Gasteiger partial charge < -0.3 is 9.88 Å². The van der Waals surface area contributed by atoms with Crippen LogP contribution in [0.25, 0.3) is 21.8 Å². The highest BCUT2D eigenvalue weighted by atomic mass is 16.1. The number of benzene rings is 1. The number of nitrogens with one attached hydrogen (secondary N) is 1. The Morgan fingerprint density at radius 1 is 1.07 bits per heavy atom. The second kappa shape index (κ2) is 6.12. The molecule has 4 aromatic rings. The number of anilines is 1. The normalized spacial score (nSPS) is 17.1. The van der Waals surface area contributed by atoms with E-state index in [1.54, 1.807) is 18.5 Å². The van der Waals surface area contributed by atoms with Crippen LogP contribution in [0, 0.1) is 6.92 Å². The van der Waals surface area contributed by atoms with E-state index in [1.165, 1.54) is 0 Å². The highest BCUT2D eigenvalue weighted by Gasteiger charge is 2.30. The summed E-state index contributed by atoms with van der Waals surface area (Å²) in [6.07, 6.45) is 5.44. The highest BCUT2D eigenvalue weighted by molar-refractivity contribution is 5.89. The molecule has 1 saturated heterocycles. The molecule has 0 radical (unpaired) electrons. The predicted octanol–water partition coefficient (Wildman–Crippen LogP) is 2.91. The predicted molar refractivity (Wildman–Crippen MR) is 104 cm³/mol. The van der Waals surface area contributed by atoms with Crippen LogP contribution in [-0.2, 0) is 0 Å². The van der Waals surface area contributed by atoms with E-state index in [9.17, 15) is 4.79 Å². The Hall–Kier alpha value is -3.35. The number of H-pyrrole nitrogens is 1. The molecule has 4 heterocycles. The largest absolute Gasteiger partial charge is 0.346 e. The van der Waals surface area contributed by atoms with E-state index in [4.69, 9.17) is 9.97 Å². The molecule has 7 nitrogen and oxygen atoms in total. The summed E-state index contributed by atoms with van der Waals surface area (Å²) in [5.74, 6) is 2.27. The van der Waals surface area contributed by atoms with Crippen molar-refractivity contribution in [3.05, 3.63) is 64.7 Å². The molecule has 7 heteroatoms. The zero-order chi connectivity index (χ0) is 18.4. The average molecular weight is 358 g/mol. The monoisotopic (exact) mass is 358 g/mol. The second-order valence-corrected chi connectivity index (χ2v) is 6.81. The van der Waals surface area contributed by atoms with Crippen LogP contribution >= 0.6 is 0 Å². The molecule has 1 unspecified atom stereocenters. The third-order valence-electron chi connectivity index (χ3n) is 5.06. The molecule has 1 atom stereocenters. The Morgan fingerprint density at radius 2 is 1.96 bits per heavy atom. The van der Waals surface area contributed by atoms with Gasteiger partial charge in [-0.1, -0.05) is 12.1 Å². The Kier molecular flexibility index (Phi) is 3.60. The molecule has 3 aromatic heterocycles. The van der Waals surface area contributed by atoms with E-state index in [-0.39, 0.29) is 11.6 Å². The number of para-hydroxylation sites is 1. The fourth-order valence-corrected chi connectivity index (χ4v) is 3.86. The van der Waals surface area contributed by atoms with Gasteiger partial charge in [-0.15, -0.1) is 0 Å². The molecule has 1 aromatic carbocycles. The zero-order valence-corrected chi connectivity index (χ0v) is 14.9. The lowest BCUT2D eigenvalue weighted by atomic mass is 10.1. The van der Waals surface area contributed by atoms with Gasteiger partial charge in [-0.05, 0) is 38.0 Å². The van der Waals surface area contributed by atoms with Crippen molar-refractivity contribution in [1.82, 2.24) is 24.9 Å². The summed E-state index contributed by atoms with van der Waals surface area (Å²) in [7, 11) is 0. The van der Waals surface area contributed by atoms with Gasteiger partial charge in [0.15, 0.2) is 0 Å². The SMILES string of the molecule is Cc1nc(N2CCCC2c2nc3ccccc3c(=O)[nH]2)c2ccncc2n1. The third kappa shape index (κ3) is 2.63. The summed E-state index contributed by atoms with van der Waals surface area (Å²) in [4.78, 5) is 35.9. The fraction of sp³-hybridized carbons (Fsp3) is 0.250. The molecule has 1 aliphatic heterocycles. The van der Waals surface area contributed by atoms with Crippen LogP contribution in [0.4, 0.5) is 5.82 Å². The summed E-state index contributed by atoms with van der Waals surface area (Å²) < 4.78 is 0. The molecular weight excluding hydrogens is 340 g/mol. The van der Waals surface area contributed by atoms with Crippen molar-refractivity contribution in [3.8, 4) is 0 Å². The van der Waals surface area contributed by atoms with Crippen molar-refractivity contribution in [2.45, 2.75) is 25.8 Å². The van der Waals surface area contributed by atoms with E-state index in [1.807, 2.05) is 31.2 Å². The van der Waals surface area contributed by atoms with E-state index in [0.717, 1.165) is 41.6 Å². The molecule has 5 rings (SSSR count). The van der Waals surface area contributed by atoms with Gasteiger partial charge in [0.05, 0.1) is 28.7 Å². The van der Waals surface area contributed by atoms with E-state index in [2.05, 4.69) is 19.9 Å². The minimum absolute atomic E-state index is 0.0204. The number of rotatable bonds is 2. The van der Waals surface area contributed by atoms with Gasteiger partial charge in [0, 0.05) is 18.1 Å². The molecule has 27 heavy (non-hydrogen) atoms. The van der Waals surface area contributed by atoms with Gasteiger partial charge in [0.2, 0.25) is 0 Å². The van der Waals surface area contributed by atoms with Crippen molar-refractivity contribution >= 4 is 27.6 Å². The van der Waals surface area contributed by atoms with Gasteiger partial charge in [-0.25, -0.2) is 15.0 Å². The number of aromatic nitrogens is 5. The molecule has 0 bridgehead atoms. The molecule has 0 spiro atoms. The molecule has 0 saturated carbocycles. The number of pyridine rings is 1. The molecule has 134 valence electrons. The highest BCUT2D eigenvalue weighted by Crippen LogP contribution is 2.36. The standard InChI is InChI=1S/C20H18N6O/c1-12-22-16-11-21-9-8-13(16)19(23-12)26-10-4-7-17(26)18-24-15-6-3-2-5-14(15)20(27)25-18/h2-3,5-6,8-9,11,17H,4,7,10H2,1H3,(H,24,25,27). The van der Waals surface area contributed by atoms with Gasteiger partial charge >= 0.3 is 0 Å². The lowest BCUT2D eigenvalue weighted by Crippen LogP contribution is -2.27. The Morgan fingerprint density at radius 3 is 2.89 bits per heavy atom. The van der Waals surface area contributed by atoms with Crippen molar-refractivity contribution in [2.75, 3.05) is 11.4 Å². The van der Waals surface area contributed by atoms with Crippen LogP contribution in [-0.4, -0.2) is 31.5 Å². The molecule has 0 aliphatic carbocycles. The molecule has 1 aliphatic rings. The minimum Gasteiger partial charge on any atom is -0.346 e. The summed E-state index contributed by atoms with van der Waals surface area (Å²) in [5, 5.41) is 1.57. The summed E-state index contributed by atoms with van der Waals surface area (Å²) >= 11 is 0. The van der Waals surface area contributed by atoms with Crippen LogP contribution < -0.4 is 10.5 Å². The number of aryl methyl sites for hydroxylation is 1. The zero-order valence-electron chi connectivity index (χ0n) is 14.9. The van der Waals surface area contributed by atoms with Crippen LogP contribution in [0.5, 0.6) is 0 Å². The quantitative estimate of drug-likeness (QED) is 0.593. The first-order valence-corrected chi connectivity index (χ1v) is 9.05. The van der Waals surface area contributed by atoms with E-state index < -0.39 is 0 Å². The minimum atomic E-state index is -0.102. The van der Waals surface area contributed by atoms with Gasteiger partial charge in [0.25, 0.3) is 5.56 Å². The topological polar surface area (TPSA) is 87.7 Å². The Bertz CT molecular complexity index is 1220. The number of hydrogen-bond donors (Lipinski definition) is 1.